The highest BCUT2D eigenvalue weighted by Gasteiger charge is 2.36. The number of hydrogen-bond acceptors (Lipinski definition) is 3. The van der Waals surface area contributed by atoms with Crippen molar-refractivity contribution >= 4 is 11.9 Å². The van der Waals surface area contributed by atoms with Gasteiger partial charge in [0.2, 0.25) is 5.91 Å². The maximum Gasteiger partial charge on any atom is 0.307 e. The molecule has 2 N–H and O–H groups in total. The Labute approximate surface area is 155 Å². The van der Waals surface area contributed by atoms with Gasteiger partial charge >= 0.3 is 5.97 Å². The van der Waals surface area contributed by atoms with Crippen molar-refractivity contribution in [2.75, 3.05) is 26.2 Å². The van der Waals surface area contributed by atoms with Crippen LogP contribution in [0.15, 0.2) is 30.3 Å². The lowest BCUT2D eigenvalue weighted by atomic mass is 9.79. The van der Waals surface area contributed by atoms with E-state index in [9.17, 15) is 14.7 Å². The molecule has 0 aromatic heterocycles. The summed E-state index contributed by atoms with van der Waals surface area (Å²) in [6.07, 6.45) is 5.33. The third kappa shape index (κ3) is 4.44. The van der Waals surface area contributed by atoms with E-state index < -0.39 is 5.97 Å². The van der Waals surface area contributed by atoms with E-state index in [1.165, 1.54) is 18.4 Å². The molecule has 1 aliphatic carbocycles. The number of likely N-dealkylation sites (tertiary alicyclic amines) is 1. The van der Waals surface area contributed by atoms with E-state index in [-0.39, 0.29) is 17.2 Å². The summed E-state index contributed by atoms with van der Waals surface area (Å²) in [6, 6.07) is 10.5. The standard InChI is InChI=1S/C21H30N2O3/c1-16-11-17(20(25)26)13-23(12-16)14-19(24)22-15-21(9-5-6-10-21)18-7-3-2-4-8-18/h2-4,7-8,16-17H,5-6,9-15H2,1H3,(H,22,24)(H,25,26). The maximum absolute atomic E-state index is 12.5. The monoisotopic (exact) mass is 358 g/mol. The molecule has 2 aliphatic rings. The summed E-state index contributed by atoms with van der Waals surface area (Å²) in [5.41, 5.74) is 1.37. The van der Waals surface area contributed by atoms with Crippen LogP contribution < -0.4 is 5.32 Å². The number of amides is 1. The quantitative estimate of drug-likeness (QED) is 0.820. The van der Waals surface area contributed by atoms with Gasteiger partial charge in [-0.3, -0.25) is 14.5 Å². The normalized spacial score (nSPS) is 25.7. The zero-order valence-electron chi connectivity index (χ0n) is 15.6. The molecule has 142 valence electrons. The molecule has 2 fully saturated rings. The Kier molecular flexibility index (Phi) is 5.97. The second-order valence-corrected chi connectivity index (χ2v) is 8.20. The van der Waals surface area contributed by atoms with Crippen molar-refractivity contribution in [1.29, 1.82) is 0 Å². The van der Waals surface area contributed by atoms with Crippen molar-refractivity contribution in [1.82, 2.24) is 10.2 Å². The molecule has 0 bridgehead atoms. The van der Waals surface area contributed by atoms with E-state index in [4.69, 9.17) is 0 Å². The fraction of sp³-hybridized carbons (Fsp3) is 0.619. The Bertz CT molecular complexity index is 625. The van der Waals surface area contributed by atoms with Crippen molar-refractivity contribution in [2.24, 2.45) is 11.8 Å². The smallest absolute Gasteiger partial charge is 0.307 e. The van der Waals surface area contributed by atoms with Gasteiger partial charge in [0.1, 0.15) is 0 Å². The molecule has 2 unspecified atom stereocenters. The zero-order chi connectivity index (χ0) is 18.6. The number of carboxylic acids is 1. The average molecular weight is 358 g/mol. The van der Waals surface area contributed by atoms with E-state index in [1.54, 1.807) is 0 Å². The summed E-state index contributed by atoms with van der Waals surface area (Å²) in [5, 5.41) is 12.4. The predicted molar refractivity (Wildman–Crippen MR) is 101 cm³/mol. The van der Waals surface area contributed by atoms with Crippen LogP contribution in [0.5, 0.6) is 0 Å². The first-order valence-corrected chi connectivity index (χ1v) is 9.76. The zero-order valence-corrected chi connectivity index (χ0v) is 15.6. The molecule has 1 amide bonds. The van der Waals surface area contributed by atoms with Crippen molar-refractivity contribution in [3.05, 3.63) is 35.9 Å². The van der Waals surface area contributed by atoms with Crippen LogP contribution in [-0.2, 0) is 15.0 Å². The van der Waals surface area contributed by atoms with Gasteiger partial charge in [-0.1, -0.05) is 50.1 Å². The minimum atomic E-state index is -0.754. The topological polar surface area (TPSA) is 69.6 Å². The molecule has 5 heteroatoms. The summed E-state index contributed by atoms with van der Waals surface area (Å²) in [6.45, 7) is 4.28. The number of carbonyl (C=O) groups is 2. The van der Waals surface area contributed by atoms with Crippen LogP contribution in [0.1, 0.15) is 44.6 Å². The Balaban J connectivity index is 1.57. The highest BCUT2D eigenvalue weighted by molar-refractivity contribution is 5.78. The molecular formula is C21H30N2O3. The van der Waals surface area contributed by atoms with E-state index in [0.29, 0.717) is 32.0 Å². The second-order valence-electron chi connectivity index (χ2n) is 8.20. The number of rotatable bonds is 6. The van der Waals surface area contributed by atoms with E-state index in [1.807, 2.05) is 11.0 Å². The van der Waals surface area contributed by atoms with Crippen molar-refractivity contribution in [3.63, 3.8) is 0 Å². The van der Waals surface area contributed by atoms with Crippen LogP contribution in [0, 0.1) is 11.8 Å². The highest BCUT2D eigenvalue weighted by Crippen LogP contribution is 2.40. The van der Waals surface area contributed by atoms with Gasteiger partial charge in [-0.15, -0.1) is 0 Å². The second kappa shape index (κ2) is 8.21. The maximum atomic E-state index is 12.5. The summed E-state index contributed by atoms with van der Waals surface area (Å²) in [5.74, 6) is -0.804. The number of carboxylic acid groups (broad SMARTS) is 1. The van der Waals surface area contributed by atoms with Gasteiger partial charge in [-0.05, 0) is 30.7 Å². The van der Waals surface area contributed by atoms with Gasteiger partial charge in [-0.25, -0.2) is 0 Å². The molecule has 1 aliphatic heterocycles. The first kappa shape index (κ1) is 18.9. The van der Waals surface area contributed by atoms with Crippen LogP contribution >= 0.6 is 0 Å². The lowest BCUT2D eigenvalue weighted by Gasteiger charge is -2.35. The van der Waals surface area contributed by atoms with Crippen LogP contribution in [-0.4, -0.2) is 48.1 Å². The Morgan fingerprint density at radius 1 is 1.19 bits per heavy atom. The van der Waals surface area contributed by atoms with Gasteiger partial charge < -0.3 is 10.4 Å². The van der Waals surface area contributed by atoms with Gasteiger partial charge in [0.25, 0.3) is 0 Å². The van der Waals surface area contributed by atoms with Crippen LogP contribution in [0.25, 0.3) is 0 Å². The molecule has 2 atom stereocenters. The molecule has 0 radical (unpaired) electrons. The largest absolute Gasteiger partial charge is 0.481 e. The fourth-order valence-corrected chi connectivity index (χ4v) is 4.71. The molecule has 1 aromatic rings. The minimum Gasteiger partial charge on any atom is -0.481 e. The van der Waals surface area contributed by atoms with E-state index in [2.05, 4.69) is 36.5 Å². The molecule has 5 nitrogen and oxygen atoms in total. The van der Waals surface area contributed by atoms with Crippen LogP contribution in [0.2, 0.25) is 0 Å². The third-order valence-corrected chi connectivity index (χ3v) is 6.02. The molecule has 0 spiro atoms. The summed E-state index contributed by atoms with van der Waals surface area (Å²) < 4.78 is 0. The fourth-order valence-electron chi connectivity index (χ4n) is 4.71. The van der Waals surface area contributed by atoms with Crippen LogP contribution in [0.4, 0.5) is 0 Å². The minimum absolute atomic E-state index is 0.00504. The van der Waals surface area contributed by atoms with Crippen molar-refractivity contribution in [3.8, 4) is 0 Å². The van der Waals surface area contributed by atoms with Gasteiger partial charge in [0, 0.05) is 25.0 Å². The van der Waals surface area contributed by atoms with E-state index in [0.717, 1.165) is 19.4 Å². The first-order chi connectivity index (χ1) is 12.5. The molecule has 1 saturated heterocycles. The third-order valence-electron chi connectivity index (χ3n) is 6.02. The number of hydrogen-bond donors (Lipinski definition) is 2. The molecule has 1 saturated carbocycles. The SMILES string of the molecule is CC1CC(C(=O)O)CN(CC(=O)NCC2(c3ccccc3)CCCC2)C1. The first-order valence-electron chi connectivity index (χ1n) is 9.76. The summed E-state index contributed by atoms with van der Waals surface area (Å²) >= 11 is 0. The molecule has 3 rings (SSSR count). The molecular weight excluding hydrogens is 328 g/mol. The number of piperidine rings is 1. The summed E-state index contributed by atoms with van der Waals surface area (Å²) in [4.78, 5) is 25.8. The average Bonchev–Trinajstić information content (AvgIpc) is 3.10. The van der Waals surface area contributed by atoms with E-state index >= 15 is 0 Å². The highest BCUT2D eigenvalue weighted by atomic mass is 16.4. The predicted octanol–water partition coefficient (Wildman–Crippen LogP) is 2.66. The van der Waals surface area contributed by atoms with Crippen LogP contribution in [0.3, 0.4) is 0 Å². The Morgan fingerprint density at radius 2 is 1.88 bits per heavy atom. The Morgan fingerprint density at radius 3 is 2.54 bits per heavy atom. The lowest BCUT2D eigenvalue weighted by molar-refractivity contribution is -0.145. The van der Waals surface area contributed by atoms with Crippen molar-refractivity contribution < 1.29 is 14.7 Å². The number of nitrogens with zero attached hydrogens (tertiary/aromatic N) is 1. The number of nitrogens with one attached hydrogen (secondary N) is 1. The number of benzene rings is 1. The molecule has 1 heterocycles. The molecule has 26 heavy (non-hydrogen) atoms. The van der Waals surface area contributed by atoms with Gasteiger partial charge in [-0.2, -0.15) is 0 Å². The van der Waals surface area contributed by atoms with Gasteiger partial charge in [0.05, 0.1) is 12.5 Å². The number of aliphatic carboxylic acids is 1. The Hall–Kier alpha value is -1.88. The number of carbonyl (C=O) groups excluding carboxylic acids is 1. The summed E-state index contributed by atoms with van der Waals surface area (Å²) in [7, 11) is 0. The molecule has 1 aromatic carbocycles. The van der Waals surface area contributed by atoms with Gasteiger partial charge in [0.15, 0.2) is 0 Å². The van der Waals surface area contributed by atoms with Crippen molar-refractivity contribution in [2.45, 2.75) is 44.4 Å². The lowest BCUT2D eigenvalue weighted by Crippen LogP contribution is -2.48.